The maximum absolute atomic E-state index is 13.2. The van der Waals surface area contributed by atoms with Crippen LogP contribution in [0.15, 0.2) is 29.8 Å². The second-order valence-corrected chi connectivity index (χ2v) is 8.45. The molecule has 2 aromatic rings. The number of ether oxygens (including phenoxy) is 1. The van der Waals surface area contributed by atoms with E-state index in [1.54, 1.807) is 36.7 Å². The van der Waals surface area contributed by atoms with Crippen LogP contribution in [0.3, 0.4) is 0 Å². The molecule has 0 spiro atoms. The van der Waals surface area contributed by atoms with Gasteiger partial charge in [0.1, 0.15) is 11.5 Å². The summed E-state index contributed by atoms with van der Waals surface area (Å²) in [5.41, 5.74) is 2.58. The summed E-state index contributed by atoms with van der Waals surface area (Å²) in [6, 6.07) is 6.60. The minimum absolute atomic E-state index is 0.0834. The van der Waals surface area contributed by atoms with E-state index in [0.717, 1.165) is 31.6 Å². The van der Waals surface area contributed by atoms with E-state index in [0.29, 0.717) is 35.7 Å². The number of benzene rings is 1. The Morgan fingerprint density at radius 1 is 1.16 bits per heavy atom. The van der Waals surface area contributed by atoms with Crippen molar-refractivity contribution < 1.29 is 19.4 Å². The smallest absolute Gasteiger partial charge is 0.295 e. The zero-order valence-corrected chi connectivity index (χ0v) is 19.1. The highest BCUT2D eigenvalue weighted by Crippen LogP contribution is 2.43. The minimum atomic E-state index is -0.729. The molecule has 2 fully saturated rings. The number of aliphatic hydroxyl groups excluding tert-OH is 1. The van der Waals surface area contributed by atoms with Gasteiger partial charge in [0.15, 0.2) is 0 Å². The first kappa shape index (κ1) is 22.1. The fraction of sp³-hybridized carbons (Fsp3) is 0.458. The van der Waals surface area contributed by atoms with Crippen LogP contribution >= 0.6 is 0 Å². The number of amides is 1. The van der Waals surface area contributed by atoms with Gasteiger partial charge in [0.25, 0.3) is 11.7 Å². The number of rotatable bonds is 6. The zero-order valence-electron chi connectivity index (χ0n) is 19.1. The van der Waals surface area contributed by atoms with Crippen molar-refractivity contribution in [1.29, 1.82) is 0 Å². The lowest BCUT2D eigenvalue weighted by Gasteiger charge is -2.28. The molecule has 1 N–H and O–H groups in total. The molecule has 4 rings (SSSR count). The van der Waals surface area contributed by atoms with Gasteiger partial charge in [-0.1, -0.05) is 18.2 Å². The SMILES string of the molecule is COc1ccccc1C1/C(=C(\O)c2c(C)nn(C)c2C)C(=O)C(=O)N1CCN1CCCC1. The van der Waals surface area contributed by atoms with E-state index in [1.165, 1.54) is 0 Å². The number of Topliss-reactive ketones (excluding diaryl/α,β-unsaturated/α-hetero) is 1. The summed E-state index contributed by atoms with van der Waals surface area (Å²) in [5.74, 6) is -0.898. The van der Waals surface area contributed by atoms with E-state index in [4.69, 9.17) is 4.74 Å². The normalized spacial score (nSPS) is 21.0. The lowest BCUT2D eigenvalue weighted by Crippen LogP contribution is -2.37. The fourth-order valence-corrected chi connectivity index (χ4v) is 4.83. The quantitative estimate of drug-likeness (QED) is 0.424. The van der Waals surface area contributed by atoms with Gasteiger partial charge in [-0.2, -0.15) is 5.10 Å². The molecule has 2 aliphatic rings. The van der Waals surface area contributed by atoms with Gasteiger partial charge < -0.3 is 19.6 Å². The van der Waals surface area contributed by atoms with E-state index < -0.39 is 17.7 Å². The number of aryl methyl sites for hydroxylation is 2. The molecule has 0 radical (unpaired) electrons. The van der Waals surface area contributed by atoms with E-state index in [-0.39, 0.29) is 11.3 Å². The third-order valence-corrected chi connectivity index (χ3v) is 6.58. The van der Waals surface area contributed by atoms with E-state index in [9.17, 15) is 14.7 Å². The molecule has 1 aromatic carbocycles. The van der Waals surface area contributed by atoms with E-state index in [2.05, 4.69) is 10.00 Å². The first-order valence-corrected chi connectivity index (χ1v) is 11.0. The van der Waals surface area contributed by atoms with Crippen LogP contribution in [-0.2, 0) is 16.6 Å². The van der Waals surface area contributed by atoms with Crippen molar-refractivity contribution in [3.63, 3.8) is 0 Å². The van der Waals surface area contributed by atoms with Gasteiger partial charge in [-0.15, -0.1) is 0 Å². The van der Waals surface area contributed by atoms with Crippen molar-refractivity contribution in [1.82, 2.24) is 19.6 Å². The highest BCUT2D eigenvalue weighted by atomic mass is 16.5. The van der Waals surface area contributed by atoms with Gasteiger partial charge in [-0.05, 0) is 45.8 Å². The molecule has 1 unspecified atom stereocenters. The van der Waals surface area contributed by atoms with Crippen molar-refractivity contribution in [3.8, 4) is 5.75 Å². The summed E-state index contributed by atoms with van der Waals surface area (Å²) in [6.07, 6.45) is 2.29. The number of ketones is 1. The molecule has 0 bridgehead atoms. The molecule has 8 heteroatoms. The number of hydrogen-bond donors (Lipinski definition) is 1. The van der Waals surface area contributed by atoms with Gasteiger partial charge in [0.2, 0.25) is 0 Å². The van der Waals surface area contributed by atoms with Crippen LogP contribution in [-0.4, -0.2) is 69.7 Å². The number of nitrogens with zero attached hydrogens (tertiary/aromatic N) is 4. The number of aromatic nitrogens is 2. The van der Waals surface area contributed by atoms with E-state index in [1.807, 2.05) is 25.1 Å². The van der Waals surface area contributed by atoms with Gasteiger partial charge in [0, 0.05) is 31.4 Å². The number of hydrogen-bond acceptors (Lipinski definition) is 6. The van der Waals surface area contributed by atoms with Crippen molar-refractivity contribution in [2.45, 2.75) is 32.7 Å². The molecule has 170 valence electrons. The van der Waals surface area contributed by atoms with E-state index >= 15 is 0 Å². The summed E-state index contributed by atoms with van der Waals surface area (Å²) >= 11 is 0. The lowest BCUT2D eigenvalue weighted by molar-refractivity contribution is -0.140. The second kappa shape index (κ2) is 8.78. The van der Waals surface area contributed by atoms with Crippen molar-refractivity contribution >= 4 is 17.4 Å². The lowest BCUT2D eigenvalue weighted by atomic mass is 9.94. The fourth-order valence-electron chi connectivity index (χ4n) is 4.83. The summed E-state index contributed by atoms with van der Waals surface area (Å²) in [6.45, 7) is 6.69. The van der Waals surface area contributed by atoms with Gasteiger partial charge in [-0.25, -0.2) is 0 Å². The molecular formula is C24H30N4O4. The number of methoxy groups -OCH3 is 1. The molecule has 1 aromatic heterocycles. The van der Waals surface area contributed by atoms with Crippen LogP contribution < -0.4 is 4.74 Å². The second-order valence-electron chi connectivity index (χ2n) is 8.45. The van der Waals surface area contributed by atoms with Crippen molar-refractivity contribution in [2.24, 2.45) is 7.05 Å². The molecule has 1 amide bonds. The summed E-state index contributed by atoms with van der Waals surface area (Å²) in [7, 11) is 3.34. The van der Waals surface area contributed by atoms with Crippen LogP contribution in [0, 0.1) is 13.8 Å². The number of para-hydroxylation sites is 1. The highest BCUT2D eigenvalue weighted by molar-refractivity contribution is 6.46. The predicted molar refractivity (Wildman–Crippen MR) is 120 cm³/mol. The van der Waals surface area contributed by atoms with Crippen molar-refractivity contribution in [3.05, 3.63) is 52.4 Å². The molecule has 1 atom stereocenters. The Morgan fingerprint density at radius 3 is 2.47 bits per heavy atom. The maximum Gasteiger partial charge on any atom is 0.295 e. The first-order chi connectivity index (χ1) is 15.3. The number of carbonyl (C=O) groups excluding carboxylic acids is 2. The van der Waals surface area contributed by atoms with Crippen LogP contribution in [0.4, 0.5) is 0 Å². The predicted octanol–water partition coefficient (Wildman–Crippen LogP) is 2.56. The molecule has 32 heavy (non-hydrogen) atoms. The molecule has 0 aliphatic carbocycles. The number of aliphatic hydroxyl groups is 1. The summed E-state index contributed by atoms with van der Waals surface area (Å²) in [5, 5.41) is 15.7. The standard InChI is InChI=1S/C24H30N4O4/c1-15-19(16(2)26(3)25-15)22(29)20-21(17-9-5-6-10-18(17)32-4)28(24(31)23(20)30)14-13-27-11-7-8-12-27/h5-6,9-10,21,29H,7-8,11-14H2,1-4H3/b22-20+. The summed E-state index contributed by atoms with van der Waals surface area (Å²) in [4.78, 5) is 30.3. The van der Waals surface area contributed by atoms with Gasteiger partial charge in [-0.3, -0.25) is 14.3 Å². The molecular weight excluding hydrogens is 408 g/mol. The van der Waals surface area contributed by atoms with Crippen LogP contribution in [0.2, 0.25) is 0 Å². The Labute approximate surface area is 188 Å². The average molecular weight is 439 g/mol. The topological polar surface area (TPSA) is 87.9 Å². The molecule has 3 heterocycles. The van der Waals surface area contributed by atoms with Crippen molar-refractivity contribution in [2.75, 3.05) is 33.3 Å². The minimum Gasteiger partial charge on any atom is -0.507 e. The number of carbonyl (C=O) groups is 2. The average Bonchev–Trinajstić information content (AvgIpc) is 3.45. The number of likely N-dealkylation sites (tertiary alicyclic amines) is 2. The van der Waals surface area contributed by atoms with Crippen LogP contribution in [0.5, 0.6) is 5.75 Å². The third-order valence-electron chi connectivity index (χ3n) is 6.58. The Kier molecular flexibility index (Phi) is 6.06. The Bertz CT molecular complexity index is 1080. The van der Waals surface area contributed by atoms with Crippen LogP contribution in [0.25, 0.3) is 5.76 Å². The van der Waals surface area contributed by atoms with Crippen LogP contribution in [0.1, 0.15) is 41.4 Å². The van der Waals surface area contributed by atoms with Gasteiger partial charge in [0.05, 0.1) is 30.0 Å². The maximum atomic E-state index is 13.2. The summed E-state index contributed by atoms with van der Waals surface area (Å²) < 4.78 is 7.22. The Hall–Kier alpha value is -3.13. The molecule has 2 saturated heterocycles. The first-order valence-electron chi connectivity index (χ1n) is 11.0. The van der Waals surface area contributed by atoms with Gasteiger partial charge >= 0.3 is 0 Å². The Morgan fingerprint density at radius 2 is 1.84 bits per heavy atom. The largest absolute Gasteiger partial charge is 0.507 e. The molecule has 0 saturated carbocycles. The monoisotopic (exact) mass is 438 g/mol. The Balaban J connectivity index is 1.85. The molecule has 8 nitrogen and oxygen atoms in total. The molecule has 2 aliphatic heterocycles. The third kappa shape index (κ3) is 3.68. The zero-order chi connectivity index (χ0) is 23.0. The highest BCUT2D eigenvalue weighted by Gasteiger charge is 2.47.